The summed E-state index contributed by atoms with van der Waals surface area (Å²) >= 11 is 1.36. The molecule has 1 amide bonds. The molecule has 1 N–H and O–H groups in total. The number of rotatable bonds is 5. The highest BCUT2D eigenvalue weighted by atomic mass is 32.1. The lowest BCUT2D eigenvalue weighted by Crippen LogP contribution is -2.40. The number of hydrogen-bond donors (Lipinski definition) is 1. The molecule has 1 fully saturated rings. The molecule has 5 nitrogen and oxygen atoms in total. The van der Waals surface area contributed by atoms with Crippen molar-refractivity contribution in [2.24, 2.45) is 5.92 Å². The van der Waals surface area contributed by atoms with E-state index in [9.17, 15) is 9.18 Å². The maximum absolute atomic E-state index is 13.1. The summed E-state index contributed by atoms with van der Waals surface area (Å²) in [5.74, 6) is 0.455. The fraction of sp³-hybridized carbons (Fsp3) is 0.348. The van der Waals surface area contributed by atoms with Crippen LogP contribution in [0.25, 0.3) is 0 Å². The summed E-state index contributed by atoms with van der Waals surface area (Å²) in [7, 11) is 0. The number of hydrogen-bond acceptors (Lipinski definition) is 5. The highest BCUT2D eigenvalue weighted by Gasteiger charge is 2.27. The van der Waals surface area contributed by atoms with Crippen LogP contribution < -0.4 is 10.2 Å². The molecular weight excluding hydrogens is 399 g/mol. The minimum absolute atomic E-state index is 0.0546. The minimum atomic E-state index is -0.246. The van der Waals surface area contributed by atoms with Crippen LogP contribution in [-0.4, -0.2) is 28.4 Å². The van der Waals surface area contributed by atoms with E-state index < -0.39 is 0 Å². The Bertz CT molecular complexity index is 1030. The van der Waals surface area contributed by atoms with Crippen molar-refractivity contribution in [3.63, 3.8) is 0 Å². The van der Waals surface area contributed by atoms with E-state index in [-0.39, 0.29) is 17.6 Å². The first kappa shape index (κ1) is 20.5. The number of halogens is 1. The van der Waals surface area contributed by atoms with Crippen LogP contribution in [0.2, 0.25) is 0 Å². The molecule has 0 radical (unpaired) electrons. The molecule has 156 valence electrons. The van der Waals surface area contributed by atoms with Gasteiger partial charge in [-0.2, -0.15) is 4.37 Å². The van der Waals surface area contributed by atoms with Gasteiger partial charge >= 0.3 is 0 Å². The van der Waals surface area contributed by atoms with Gasteiger partial charge in [-0.3, -0.25) is 4.79 Å². The van der Waals surface area contributed by atoms with E-state index in [0.29, 0.717) is 13.0 Å². The number of amides is 1. The van der Waals surface area contributed by atoms with Crippen molar-refractivity contribution in [3.05, 3.63) is 70.8 Å². The first-order valence-corrected chi connectivity index (χ1v) is 11.0. The van der Waals surface area contributed by atoms with Crippen LogP contribution in [0.15, 0.2) is 42.5 Å². The number of nitrogens with one attached hydrogen (secondary N) is 1. The van der Waals surface area contributed by atoms with Gasteiger partial charge < -0.3 is 10.2 Å². The summed E-state index contributed by atoms with van der Waals surface area (Å²) in [6, 6.07) is 12.4. The normalized spacial score (nSPS) is 16.5. The van der Waals surface area contributed by atoms with Crippen LogP contribution in [0, 0.1) is 25.6 Å². The Hall–Kier alpha value is -2.80. The Kier molecular flexibility index (Phi) is 6.08. The van der Waals surface area contributed by atoms with E-state index in [4.69, 9.17) is 0 Å². The molecule has 7 heteroatoms. The van der Waals surface area contributed by atoms with Crippen molar-refractivity contribution in [3.8, 4) is 0 Å². The fourth-order valence-corrected chi connectivity index (χ4v) is 4.38. The molecule has 2 heterocycles. The monoisotopic (exact) mass is 424 g/mol. The third kappa shape index (κ3) is 4.84. The second-order valence-electron chi connectivity index (χ2n) is 7.87. The lowest BCUT2D eigenvalue weighted by Gasteiger charge is -2.31. The zero-order chi connectivity index (χ0) is 21.1. The lowest BCUT2D eigenvalue weighted by atomic mass is 9.97. The Labute approximate surface area is 180 Å². The Morgan fingerprint density at radius 2 is 2.00 bits per heavy atom. The van der Waals surface area contributed by atoms with Gasteiger partial charge in [0.05, 0.1) is 5.92 Å². The van der Waals surface area contributed by atoms with Crippen LogP contribution in [-0.2, 0) is 11.2 Å². The van der Waals surface area contributed by atoms with Gasteiger partial charge in [-0.15, -0.1) is 0 Å². The second-order valence-corrected chi connectivity index (χ2v) is 8.60. The number of carbonyl (C=O) groups excluding carboxylic acids is 1. The molecule has 0 bridgehead atoms. The standard InChI is InChI=1S/C23H25FN4OS/c1-15-5-10-20(12-16(15)2)25-22(29)18-4-3-11-28(14-18)23-26-21(27-30-23)13-17-6-8-19(24)9-7-17/h5-10,12,18H,3-4,11,13-14H2,1-2H3,(H,25,29)/t18-/m1/s1. The summed E-state index contributed by atoms with van der Waals surface area (Å²) < 4.78 is 17.5. The molecule has 1 aliphatic rings. The number of benzene rings is 2. The molecule has 4 rings (SSSR count). The Balaban J connectivity index is 1.38. The number of piperidine rings is 1. The molecule has 0 unspecified atom stereocenters. The number of anilines is 2. The predicted molar refractivity (Wildman–Crippen MR) is 119 cm³/mol. The Morgan fingerprint density at radius 1 is 1.20 bits per heavy atom. The minimum Gasteiger partial charge on any atom is -0.346 e. The van der Waals surface area contributed by atoms with Crippen LogP contribution in [0.1, 0.15) is 35.4 Å². The summed E-state index contributed by atoms with van der Waals surface area (Å²) in [4.78, 5) is 19.6. The van der Waals surface area contributed by atoms with Crippen molar-refractivity contribution in [2.75, 3.05) is 23.3 Å². The molecule has 2 aromatic carbocycles. The van der Waals surface area contributed by atoms with E-state index in [1.807, 2.05) is 25.1 Å². The van der Waals surface area contributed by atoms with Gasteiger partial charge in [0.2, 0.25) is 11.0 Å². The Morgan fingerprint density at radius 3 is 2.77 bits per heavy atom. The van der Waals surface area contributed by atoms with E-state index >= 15 is 0 Å². The van der Waals surface area contributed by atoms with E-state index in [0.717, 1.165) is 41.6 Å². The summed E-state index contributed by atoms with van der Waals surface area (Å²) in [5, 5.41) is 3.91. The van der Waals surface area contributed by atoms with Gasteiger partial charge in [0.1, 0.15) is 11.6 Å². The van der Waals surface area contributed by atoms with Crippen LogP contribution in [0.5, 0.6) is 0 Å². The van der Waals surface area contributed by atoms with Gasteiger partial charge in [0, 0.05) is 36.7 Å². The first-order valence-electron chi connectivity index (χ1n) is 10.2. The van der Waals surface area contributed by atoms with E-state index in [1.165, 1.54) is 34.8 Å². The van der Waals surface area contributed by atoms with E-state index in [1.54, 1.807) is 12.1 Å². The molecule has 0 spiro atoms. The molecule has 30 heavy (non-hydrogen) atoms. The van der Waals surface area contributed by atoms with Crippen molar-refractivity contribution < 1.29 is 9.18 Å². The molecule has 1 atom stereocenters. The number of aryl methyl sites for hydroxylation is 2. The number of nitrogens with zero attached hydrogens (tertiary/aromatic N) is 3. The van der Waals surface area contributed by atoms with Crippen molar-refractivity contribution in [1.29, 1.82) is 0 Å². The van der Waals surface area contributed by atoms with Gasteiger partial charge in [-0.05, 0) is 67.6 Å². The second kappa shape index (κ2) is 8.92. The molecule has 1 aromatic heterocycles. The topological polar surface area (TPSA) is 58.1 Å². The summed E-state index contributed by atoms with van der Waals surface area (Å²) in [6.45, 7) is 5.62. The van der Waals surface area contributed by atoms with Crippen LogP contribution >= 0.6 is 11.5 Å². The zero-order valence-corrected chi connectivity index (χ0v) is 18.0. The average Bonchev–Trinajstić information content (AvgIpc) is 3.21. The van der Waals surface area contributed by atoms with Crippen molar-refractivity contribution >= 4 is 28.3 Å². The van der Waals surface area contributed by atoms with Gasteiger partial charge in [-0.1, -0.05) is 18.2 Å². The maximum Gasteiger partial charge on any atom is 0.229 e. The fourth-order valence-electron chi connectivity index (χ4n) is 3.66. The van der Waals surface area contributed by atoms with Crippen LogP contribution in [0.4, 0.5) is 15.2 Å². The SMILES string of the molecule is Cc1ccc(NC(=O)[C@@H]2CCCN(c3nc(Cc4ccc(F)cc4)ns3)C2)cc1C. The summed E-state index contributed by atoms with van der Waals surface area (Å²) in [5.41, 5.74) is 4.20. The molecule has 0 aliphatic carbocycles. The van der Waals surface area contributed by atoms with Gasteiger partial charge in [0.25, 0.3) is 0 Å². The zero-order valence-electron chi connectivity index (χ0n) is 17.2. The maximum atomic E-state index is 13.1. The quantitative estimate of drug-likeness (QED) is 0.643. The van der Waals surface area contributed by atoms with Crippen molar-refractivity contribution in [2.45, 2.75) is 33.1 Å². The molecule has 3 aromatic rings. The lowest BCUT2D eigenvalue weighted by molar-refractivity contribution is -0.120. The van der Waals surface area contributed by atoms with Gasteiger partial charge in [0.15, 0.2) is 0 Å². The average molecular weight is 425 g/mol. The number of carbonyl (C=O) groups is 1. The molecule has 1 aliphatic heterocycles. The highest BCUT2D eigenvalue weighted by molar-refractivity contribution is 7.09. The predicted octanol–water partition coefficient (Wildman–Crippen LogP) is 4.74. The largest absolute Gasteiger partial charge is 0.346 e. The molecular formula is C23H25FN4OS. The summed E-state index contributed by atoms with van der Waals surface area (Å²) in [6.07, 6.45) is 2.38. The molecule has 1 saturated heterocycles. The third-order valence-corrected chi connectivity index (χ3v) is 6.38. The van der Waals surface area contributed by atoms with Crippen LogP contribution in [0.3, 0.4) is 0 Å². The third-order valence-electron chi connectivity index (χ3n) is 5.57. The molecule has 0 saturated carbocycles. The van der Waals surface area contributed by atoms with Crippen molar-refractivity contribution in [1.82, 2.24) is 9.36 Å². The first-order chi connectivity index (χ1) is 14.5. The highest BCUT2D eigenvalue weighted by Crippen LogP contribution is 2.26. The van der Waals surface area contributed by atoms with Gasteiger partial charge in [-0.25, -0.2) is 9.37 Å². The number of aromatic nitrogens is 2. The smallest absolute Gasteiger partial charge is 0.229 e. The van der Waals surface area contributed by atoms with E-state index in [2.05, 4.69) is 26.5 Å².